The zero-order valence-corrected chi connectivity index (χ0v) is 7.70. The van der Waals surface area contributed by atoms with Crippen LogP contribution in [0.2, 0.25) is 0 Å². The second kappa shape index (κ2) is 3.09. The van der Waals surface area contributed by atoms with Gasteiger partial charge < -0.3 is 9.47 Å². The van der Waals surface area contributed by atoms with E-state index in [9.17, 15) is 0 Å². The van der Waals surface area contributed by atoms with Crippen molar-refractivity contribution in [2.45, 2.75) is 13.8 Å². The van der Waals surface area contributed by atoms with Crippen molar-refractivity contribution < 1.29 is 9.47 Å². The Bertz CT molecular complexity index is 354. The lowest BCUT2D eigenvalue weighted by atomic mass is 10.3. The number of ether oxygens (including phenoxy) is 2. The Balaban J connectivity index is 2.36. The highest BCUT2D eigenvalue weighted by atomic mass is 16.7. The van der Waals surface area contributed by atoms with Crippen LogP contribution in [-0.2, 0) is 0 Å². The van der Waals surface area contributed by atoms with Gasteiger partial charge in [-0.25, -0.2) is 0 Å². The standard InChI is InChI=1S/C10H11NO2/c1-7(2)11-8-3-4-9-10(5-8)13-6-12-9/h3-5H,6H2,1-2H3. The van der Waals surface area contributed by atoms with Gasteiger partial charge in [-0.05, 0) is 26.0 Å². The molecule has 0 fully saturated rings. The maximum atomic E-state index is 5.23. The van der Waals surface area contributed by atoms with Crippen LogP contribution in [0.1, 0.15) is 13.8 Å². The summed E-state index contributed by atoms with van der Waals surface area (Å²) in [6.45, 7) is 4.24. The molecule has 0 radical (unpaired) electrons. The maximum absolute atomic E-state index is 5.23. The summed E-state index contributed by atoms with van der Waals surface area (Å²) in [5.41, 5.74) is 1.93. The number of rotatable bonds is 1. The summed E-state index contributed by atoms with van der Waals surface area (Å²) in [6.07, 6.45) is 0. The predicted molar refractivity (Wildman–Crippen MR) is 51.0 cm³/mol. The molecule has 68 valence electrons. The minimum absolute atomic E-state index is 0.313. The Morgan fingerprint density at radius 1 is 1.23 bits per heavy atom. The SMILES string of the molecule is CC(C)=Nc1ccc2c(c1)OCO2. The van der Waals surface area contributed by atoms with Crippen LogP contribution in [0.15, 0.2) is 23.2 Å². The van der Waals surface area contributed by atoms with Gasteiger partial charge in [0.05, 0.1) is 5.69 Å². The average molecular weight is 177 g/mol. The molecule has 13 heavy (non-hydrogen) atoms. The normalized spacial score (nSPS) is 12.8. The first-order valence-corrected chi connectivity index (χ1v) is 4.17. The van der Waals surface area contributed by atoms with Crippen LogP contribution >= 0.6 is 0 Å². The molecule has 0 aliphatic carbocycles. The molecule has 0 atom stereocenters. The molecule has 1 aliphatic heterocycles. The van der Waals surface area contributed by atoms with E-state index < -0.39 is 0 Å². The van der Waals surface area contributed by atoms with E-state index in [1.54, 1.807) is 0 Å². The van der Waals surface area contributed by atoms with E-state index in [1.807, 2.05) is 32.0 Å². The Morgan fingerprint density at radius 3 is 2.77 bits per heavy atom. The van der Waals surface area contributed by atoms with Crippen LogP contribution in [0.5, 0.6) is 11.5 Å². The van der Waals surface area contributed by atoms with Crippen molar-refractivity contribution in [1.29, 1.82) is 0 Å². The van der Waals surface area contributed by atoms with Crippen LogP contribution < -0.4 is 9.47 Å². The van der Waals surface area contributed by atoms with E-state index >= 15 is 0 Å². The number of aliphatic imine (C=N–C) groups is 1. The maximum Gasteiger partial charge on any atom is 0.231 e. The van der Waals surface area contributed by atoms with Gasteiger partial charge in [0.15, 0.2) is 11.5 Å². The highest BCUT2D eigenvalue weighted by molar-refractivity contribution is 5.82. The van der Waals surface area contributed by atoms with Gasteiger partial charge in [0, 0.05) is 11.8 Å². The predicted octanol–water partition coefficient (Wildman–Crippen LogP) is 2.53. The molecule has 0 saturated heterocycles. The summed E-state index contributed by atoms with van der Waals surface area (Å²) in [5.74, 6) is 1.58. The zero-order chi connectivity index (χ0) is 9.26. The lowest BCUT2D eigenvalue weighted by molar-refractivity contribution is 0.174. The van der Waals surface area contributed by atoms with E-state index in [-0.39, 0.29) is 0 Å². The Morgan fingerprint density at radius 2 is 2.00 bits per heavy atom. The fraction of sp³-hybridized carbons (Fsp3) is 0.300. The van der Waals surface area contributed by atoms with Gasteiger partial charge in [-0.1, -0.05) is 0 Å². The number of fused-ring (bicyclic) bond motifs is 1. The smallest absolute Gasteiger partial charge is 0.231 e. The van der Waals surface area contributed by atoms with Gasteiger partial charge in [-0.3, -0.25) is 4.99 Å². The van der Waals surface area contributed by atoms with E-state index in [1.165, 1.54) is 0 Å². The molecule has 3 heteroatoms. The first kappa shape index (κ1) is 8.10. The van der Waals surface area contributed by atoms with Gasteiger partial charge in [-0.15, -0.1) is 0 Å². The number of benzene rings is 1. The fourth-order valence-corrected chi connectivity index (χ4v) is 1.21. The third-order valence-corrected chi connectivity index (χ3v) is 1.71. The molecule has 1 aromatic rings. The molecule has 0 spiro atoms. The first-order valence-electron chi connectivity index (χ1n) is 4.17. The molecule has 2 rings (SSSR count). The highest BCUT2D eigenvalue weighted by Crippen LogP contribution is 2.35. The van der Waals surface area contributed by atoms with Crippen LogP contribution in [0.3, 0.4) is 0 Å². The second-order valence-corrected chi connectivity index (χ2v) is 3.10. The Hall–Kier alpha value is -1.51. The summed E-state index contributed by atoms with van der Waals surface area (Å²) in [7, 11) is 0. The molecule has 0 aromatic heterocycles. The van der Waals surface area contributed by atoms with Crippen LogP contribution in [-0.4, -0.2) is 12.5 Å². The molecule has 0 N–H and O–H groups in total. The summed E-state index contributed by atoms with van der Waals surface area (Å²) < 4.78 is 10.4. The Kier molecular flexibility index (Phi) is 1.93. The zero-order valence-electron chi connectivity index (χ0n) is 7.70. The van der Waals surface area contributed by atoms with Gasteiger partial charge >= 0.3 is 0 Å². The fourth-order valence-electron chi connectivity index (χ4n) is 1.21. The summed E-state index contributed by atoms with van der Waals surface area (Å²) >= 11 is 0. The van der Waals surface area contributed by atoms with E-state index in [2.05, 4.69) is 4.99 Å². The van der Waals surface area contributed by atoms with Gasteiger partial charge in [0.1, 0.15) is 0 Å². The first-order chi connectivity index (χ1) is 6.25. The van der Waals surface area contributed by atoms with Crippen LogP contribution in [0.25, 0.3) is 0 Å². The minimum Gasteiger partial charge on any atom is -0.454 e. The quantitative estimate of drug-likeness (QED) is 0.617. The minimum atomic E-state index is 0.313. The van der Waals surface area contributed by atoms with Crippen molar-refractivity contribution in [3.05, 3.63) is 18.2 Å². The number of nitrogens with zero attached hydrogens (tertiary/aromatic N) is 1. The number of hydrogen-bond donors (Lipinski definition) is 0. The molecule has 0 unspecified atom stereocenters. The van der Waals surface area contributed by atoms with E-state index in [4.69, 9.17) is 9.47 Å². The van der Waals surface area contributed by atoms with Gasteiger partial charge in [0.2, 0.25) is 6.79 Å². The molecule has 1 aromatic carbocycles. The second-order valence-electron chi connectivity index (χ2n) is 3.10. The van der Waals surface area contributed by atoms with Gasteiger partial charge in [-0.2, -0.15) is 0 Å². The van der Waals surface area contributed by atoms with Crippen LogP contribution in [0.4, 0.5) is 5.69 Å². The lowest BCUT2D eigenvalue weighted by Gasteiger charge is -1.97. The molecule has 0 saturated carbocycles. The van der Waals surface area contributed by atoms with Crippen LogP contribution in [0, 0.1) is 0 Å². The van der Waals surface area contributed by atoms with Crippen molar-refractivity contribution in [3.8, 4) is 11.5 Å². The number of hydrogen-bond acceptors (Lipinski definition) is 3. The van der Waals surface area contributed by atoms with E-state index in [0.717, 1.165) is 22.9 Å². The molecule has 1 heterocycles. The largest absolute Gasteiger partial charge is 0.454 e. The highest BCUT2D eigenvalue weighted by Gasteiger charge is 2.12. The molecular weight excluding hydrogens is 166 g/mol. The van der Waals surface area contributed by atoms with Gasteiger partial charge in [0.25, 0.3) is 0 Å². The molecule has 1 aliphatic rings. The summed E-state index contributed by atoms with van der Waals surface area (Å²) in [6, 6.07) is 5.68. The molecule has 3 nitrogen and oxygen atoms in total. The average Bonchev–Trinajstić information content (AvgIpc) is 2.49. The topological polar surface area (TPSA) is 30.8 Å². The summed E-state index contributed by atoms with van der Waals surface area (Å²) in [5, 5.41) is 0. The molecule has 0 bridgehead atoms. The Labute approximate surface area is 77.0 Å². The monoisotopic (exact) mass is 177 g/mol. The third kappa shape index (κ3) is 1.64. The van der Waals surface area contributed by atoms with Crippen molar-refractivity contribution in [3.63, 3.8) is 0 Å². The molecule has 0 amide bonds. The summed E-state index contributed by atoms with van der Waals surface area (Å²) in [4.78, 5) is 4.32. The lowest BCUT2D eigenvalue weighted by Crippen LogP contribution is -1.92. The van der Waals surface area contributed by atoms with Crippen molar-refractivity contribution >= 4 is 11.4 Å². The van der Waals surface area contributed by atoms with E-state index in [0.29, 0.717) is 6.79 Å². The van der Waals surface area contributed by atoms with Crippen molar-refractivity contribution in [2.75, 3.05) is 6.79 Å². The van der Waals surface area contributed by atoms with Crippen molar-refractivity contribution in [2.24, 2.45) is 4.99 Å². The third-order valence-electron chi connectivity index (χ3n) is 1.71. The van der Waals surface area contributed by atoms with Crippen molar-refractivity contribution in [1.82, 2.24) is 0 Å². The molecular formula is C10H11NO2.